The smallest absolute Gasteiger partial charge is 0.111 e. The zero-order chi connectivity index (χ0) is 8.85. The van der Waals surface area contributed by atoms with E-state index in [1.165, 1.54) is 0 Å². The van der Waals surface area contributed by atoms with Crippen LogP contribution in [0.25, 0.3) is 0 Å². The van der Waals surface area contributed by atoms with E-state index in [-0.39, 0.29) is 0 Å². The average molecular weight is 154 g/mol. The summed E-state index contributed by atoms with van der Waals surface area (Å²) in [7, 11) is 0. The molecule has 0 aromatic heterocycles. The molecule has 0 saturated carbocycles. The van der Waals surface area contributed by atoms with Gasteiger partial charge in [-0.25, -0.2) is 0 Å². The van der Waals surface area contributed by atoms with Crippen molar-refractivity contribution < 1.29 is 5.11 Å². The molecular weight excluding hydrogens is 136 g/mol. The van der Waals surface area contributed by atoms with E-state index in [9.17, 15) is 5.11 Å². The van der Waals surface area contributed by atoms with Gasteiger partial charge in [0.1, 0.15) is 5.76 Å². The zero-order valence-corrected chi connectivity index (χ0v) is 7.83. The molecule has 0 aliphatic carbocycles. The van der Waals surface area contributed by atoms with E-state index < -0.39 is 0 Å². The summed E-state index contributed by atoms with van der Waals surface area (Å²) in [6.45, 7) is 8.25. The molecule has 64 valence electrons. The van der Waals surface area contributed by atoms with Crippen LogP contribution in [0, 0.1) is 11.8 Å². The van der Waals surface area contributed by atoms with Gasteiger partial charge in [-0.3, -0.25) is 0 Å². The van der Waals surface area contributed by atoms with Crippen molar-refractivity contribution >= 4 is 0 Å². The van der Waals surface area contributed by atoms with Gasteiger partial charge in [-0.15, -0.1) is 0 Å². The van der Waals surface area contributed by atoms with Crippen LogP contribution >= 0.6 is 0 Å². The number of hydrogen-bond acceptors (Lipinski definition) is 1. The normalized spacial score (nSPS) is 13.8. The SMILES string of the molecule is CC(C)/C=C\C(O)=C/C(C)C. The summed E-state index contributed by atoms with van der Waals surface area (Å²) >= 11 is 0. The molecule has 0 aromatic carbocycles. The second-order valence-corrected chi connectivity index (χ2v) is 3.44. The molecule has 0 rings (SSSR count). The van der Waals surface area contributed by atoms with E-state index in [1.54, 1.807) is 6.08 Å². The first-order valence-electron chi connectivity index (χ1n) is 4.11. The van der Waals surface area contributed by atoms with E-state index in [4.69, 9.17) is 0 Å². The quantitative estimate of drug-likeness (QED) is 0.488. The van der Waals surface area contributed by atoms with Crippen LogP contribution in [0.2, 0.25) is 0 Å². The largest absolute Gasteiger partial charge is 0.508 e. The Morgan fingerprint density at radius 3 is 2.00 bits per heavy atom. The van der Waals surface area contributed by atoms with Crippen molar-refractivity contribution in [2.75, 3.05) is 0 Å². The van der Waals surface area contributed by atoms with Crippen molar-refractivity contribution in [2.24, 2.45) is 11.8 Å². The Bertz CT molecular complexity index is 152. The number of aliphatic hydroxyl groups excluding tert-OH is 1. The maximum Gasteiger partial charge on any atom is 0.111 e. The molecule has 0 aliphatic heterocycles. The second kappa shape index (κ2) is 5.00. The molecule has 0 heterocycles. The van der Waals surface area contributed by atoms with Crippen LogP contribution in [-0.2, 0) is 0 Å². The summed E-state index contributed by atoms with van der Waals surface area (Å²) in [6, 6.07) is 0. The summed E-state index contributed by atoms with van der Waals surface area (Å²) in [5.74, 6) is 1.28. The van der Waals surface area contributed by atoms with Gasteiger partial charge in [0.05, 0.1) is 0 Å². The van der Waals surface area contributed by atoms with Crippen LogP contribution in [0.1, 0.15) is 27.7 Å². The molecule has 1 nitrogen and oxygen atoms in total. The molecule has 0 amide bonds. The molecule has 0 saturated heterocycles. The van der Waals surface area contributed by atoms with Crippen LogP contribution in [0.4, 0.5) is 0 Å². The van der Waals surface area contributed by atoms with Gasteiger partial charge in [0.2, 0.25) is 0 Å². The highest BCUT2D eigenvalue weighted by Gasteiger charge is 1.90. The van der Waals surface area contributed by atoms with Gasteiger partial charge in [-0.1, -0.05) is 33.8 Å². The molecule has 0 aromatic rings. The summed E-state index contributed by atoms with van der Waals surface area (Å²) in [5, 5.41) is 9.24. The minimum atomic E-state index is 0.369. The van der Waals surface area contributed by atoms with Gasteiger partial charge in [0, 0.05) is 0 Å². The molecule has 1 heteroatoms. The lowest BCUT2D eigenvalue weighted by molar-refractivity contribution is 0.425. The van der Waals surface area contributed by atoms with Gasteiger partial charge in [0.15, 0.2) is 0 Å². The van der Waals surface area contributed by atoms with Gasteiger partial charge in [-0.2, -0.15) is 0 Å². The van der Waals surface area contributed by atoms with Crippen LogP contribution in [0.3, 0.4) is 0 Å². The maximum absolute atomic E-state index is 9.24. The van der Waals surface area contributed by atoms with Gasteiger partial charge in [-0.05, 0) is 24.0 Å². The van der Waals surface area contributed by atoms with Crippen LogP contribution < -0.4 is 0 Å². The number of aliphatic hydroxyl groups is 1. The van der Waals surface area contributed by atoms with Crippen molar-refractivity contribution in [2.45, 2.75) is 27.7 Å². The molecule has 0 spiro atoms. The number of rotatable bonds is 3. The predicted molar refractivity (Wildman–Crippen MR) is 49.5 cm³/mol. The van der Waals surface area contributed by atoms with Gasteiger partial charge in [0.25, 0.3) is 0 Å². The molecule has 0 radical (unpaired) electrons. The third kappa shape index (κ3) is 7.17. The fraction of sp³-hybridized carbons (Fsp3) is 0.600. The van der Waals surface area contributed by atoms with Crippen molar-refractivity contribution in [3.8, 4) is 0 Å². The third-order valence-corrected chi connectivity index (χ3v) is 1.16. The summed E-state index contributed by atoms with van der Waals surface area (Å²) in [4.78, 5) is 0. The lowest BCUT2D eigenvalue weighted by Crippen LogP contribution is -1.84. The molecule has 11 heavy (non-hydrogen) atoms. The summed E-state index contributed by atoms with van der Waals surface area (Å²) in [5.41, 5.74) is 0. The van der Waals surface area contributed by atoms with E-state index in [0.29, 0.717) is 17.6 Å². The molecule has 0 atom stereocenters. The Labute approximate surface area is 69.4 Å². The fourth-order valence-electron chi connectivity index (χ4n) is 0.688. The zero-order valence-electron chi connectivity index (χ0n) is 7.83. The highest BCUT2D eigenvalue weighted by molar-refractivity contribution is 5.11. The van der Waals surface area contributed by atoms with E-state index in [2.05, 4.69) is 13.8 Å². The number of hydrogen-bond donors (Lipinski definition) is 1. The fourth-order valence-corrected chi connectivity index (χ4v) is 0.688. The van der Waals surface area contributed by atoms with Crippen molar-refractivity contribution in [3.63, 3.8) is 0 Å². The first-order chi connectivity index (χ1) is 5.02. The standard InChI is InChI=1S/C10H18O/c1-8(2)5-6-10(11)7-9(3)4/h5-9,11H,1-4H3/b6-5-,10-7+. The van der Waals surface area contributed by atoms with E-state index >= 15 is 0 Å². The minimum Gasteiger partial charge on any atom is -0.508 e. The monoisotopic (exact) mass is 154 g/mol. The highest BCUT2D eigenvalue weighted by Crippen LogP contribution is 2.02. The Kier molecular flexibility index (Phi) is 4.67. The van der Waals surface area contributed by atoms with Crippen molar-refractivity contribution in [1.82, 2.24) is 0 Å². The Morgan fingerprint density at radius 1 is 1.09 bits per heavy atom. The van der Waals surface area contributed by atoms with Gasteiger partial charge < -0.3 is 5.11 Å². The molecule has 1 N–H and O–H groups in total. The van der Waals surface area contributed by atoms with Crippen molar-refractivity contribution in [1.29, 1.82) is 0 Å². The Balaban J connectivity index is 3.95. The minimum absolute atomic E-state index is 0.369. The molecule has 0 bridgehead atoms. The summed E-state index contributed by atoms with van der Waals surface area (Å²) < 4.78 is 0. The molecule has 0 fully saturated rings. The lowest BCUT2D eigenvalue weighted by atomic mass is 10.1. The second-order valence-electron chi connectivity index (χ2n) is 3.44. The molecular formula is C10H18O. The third-order valence-electron chi connectivity index (χ3n) is 1.16. The summed E-state index contributed by atoms with van der Waals surface area (Å²) in [6.07, 6.45) is 5.57. The first kappa shape index (κ1) is 10.3. The highest BCUT2D eigenvalue weighted by atomic mass is 16.3. The van der Waals surface area contributed by atoms with E-state index in [1.807, 2.05) is 26.0 Å². The molecule has 0 aliphatic rings. The van der Waals surface area contributed by atoms with Crippen LogP contribution in [0.5, 0.6) is 0 Å². The Hall–Kier alpha value is -0.720. The predicted octanol–water partition coefficient (Wildman–Crippen LogP) is 3.30. The van der Waals surface area contributed by atoms with Crippen LogP contribution in [0.15, 0.2) is 24.0 Å². The van der Waals surface area contributed by atoms with E-state index in [0.717, 1.165) is 0 Å². The average Bonchev–Trinajstić information content (AvgIpc) is 1.82. The Morgan fingerprint density at radius 2 is 1.64 bits per heavy atom. The first-order valence-corrected chi connectivity index (χ1v) is 4.11. The lowest BCUT2D eigenvalue weighted by Gasteiger charge is -1.97. The maximum atomic E-state index is 9.24. The molecule has 0 unspecified atom stereocenters. The number of allylic oxidation sites excluding steroid dienone is 3. The van der Waals surface area contributed by atoms with Crippen LogP contribution in [-0.4, -0.2) is 5.11 Å². The topological polar surface area (TPSA) is 20.2 Å². The van der Waals surface area contributed by atoms with Crippen molar-refractivity contribution in [3.05, 3.63) is 24.0 Å². The van der Waals surface area contributed by atoms with Gasteiger partial charge >= 0.3 is 0 Å².